The van der Waals surface area contributed by atoms with Crippen LogP contribution < -0.4 is 10.6 Å². The number of hydrogen-bond donors (Lipinski definition) is 4. The first-order valence-electron chi connectivity index (χ1n) is 4.59. The molecule has 0 aliphatic carbocycles. The highest BCUT2D eigenvalue weighted by atomic mass is 16.4. The number of carbonyl (C=O) groups excluding carboxylic acids is 1. The number of nitrogens with zero attached hydrogens (tertiary/aromatic N) is 3. The lowest BCUT2D eigenvalue weighted by atomic mass is 10.3. The number of aromatic nitrogens is 4. The highest BCUT2D eigenvalue weighted by molar-refractivity contribution is 5.75. The van der Waals surface area contributed by atoms with Crippen LogP contribution in [-0.4, -0.2) is 44.3 Å². The second kappa shape index (κ2) is 5.63. The normalized spacial score (nSPS) is 11.8. The summed E-state index contributed by atoms with van der Waals surface area (Å²) >= 11 is 0. The van der Waals surface area contributed by atoms with Gasteiger partial charge in [0, 0.05) is 6.54 Å². The van der Waals surface area contributed by atoms with Crippen LogP contribution in [0.2, 0.25) is 0 Å². The fraction of sp³-hybridized carbons (Fsp3) is 0.571. The Morgan fingerprint density at radius 1 is 1.56 bits per heavy atom. The Morgan fingerprint density at radius 2 is 2.31 bits per heavy atom. The molecule has 88 valence electrons. The van der Waals surface area contributed by atoms with Gasteiger partial charge in [-0.15, -0.1) is 10.2 Å². The summed E-state index contributed by atoms with van der Waals surface area (Å²) in [4.78, 5) is 21.4. The molecule has 0 aliphatic heterocycles. The molecule has 1 aromatic heterocycles. The largest absolute Gasteiger partial charge is 0.481 e. The minimum Gasteiger partial charge on any atom is -0.481 e. The van der Waals surface area contributed by atoms with Crippen LogP contribution in [0.15, 0.2) is 0 Å². The monoisotopic (exact) mass is 228 g/mol. The maximum atomic E-state index is 11.2. The van der Waals surface area contributed by atoms with E-state index in [0.29, 0.717) is 5.82 Å². The van der Waals surface area contributed by atoms with Crippen LogP contribution in [0.3, 0.4) is 0 Å². The number of amides is 2. The summed E-state index contributed by atoms with van der Waals surface area (Å²) in [6.07, 6.45) is -0.121. The average molecular weight is 228 g/mol. The lowest BCUT2D eigenvalue weighted by molar-refractivity contribution is -0.136. The Labute approximate surface area is 90.6 Å². The second-order valence-electron chi connectivity index (χ2n) is 3.04. The molecule has 0 bridgehead atoms. The van der Waals surface area contributed by atoms with E-state index in [2.05, 4.69) is 31.3 Å². The fourth-order valence-corrected chi connectivity index (χ4v) is 0.948. The summed E-state index contributed by atoms with van der Waals surface area (Å²) < 4.78 is 0. The number of rotatable bonds is 5. The van der Waals surface area contributed by atoms with Gasteiger partial charge in [-0.25, -0.2) is 4.79 Å². The van der Waals surface area contributed by atoms with Crippen LogP contribution in [0.4, 0.5) is 4.79 Å². The first-order valence-corrected chi connectivity index (χ1v) is 4.59. The van der Waals surface area contributed by atoms with E-state index in [-0.39, 0.29) is 13.0 Å². The van der Waals surface area contributed by atoms with Crippen LogP contribution in [0, 0.1) is 0 Å². The molecule has 2 amide bonds. The van der Waals surface area contributed by atoms with Gasteiger partial charge < -0.3 is 15.7 Å². The molecule has 0 saturated carbocycles. The van der Waals surface area contributed by atoms with Crippen LogP contribution in [0.5, 0.6) is 0 Å². The van der Waals surface area contributed by atoms with Gasteiger partial charge in [0.2, 0.25) is 0 Å². The fourth-order valence-electron chi connectivity index (χ4n) is 0.948. The molecule has 1 heterocycles. The van der Waals surface area contributed by atoms with Gasteiger partial charge in [0.25, 0.3) is 0 Å². The maximum absolute atomic E-state index is 11.2. The molecule has 4 N–H and O–H groups in total. The van der Waals surface area contributed by atoms with E-state index in [4.69, 9.17) is 5.11 Å². The third kappa shape index (κ3) is 3.90. The standard InChI is InChI=1S/C7H12N6O3/c1-4(6-10-12-13-11-6)9-7(16)8-3-2-5(14)15/h4H,2-3H2,1H3,(H,14,15)(H2,8,9,16)(H,10,11,12,13). The van der Waals surface area contributed by atoms with Crippen LogP contribution in [0.25, 0.3) is 0 Å². The first kappa shape index (κ1) is 11.9. The number of nitrogens with one attached hydrogen (secondary N) is 3. The summed E-state index contributed by atoms with van der Waals surface area (Å²) in [5.41, 5.74) is 0. The lowest BCUT2D eigenvalue weighted by Gasteiger charge is -2.10. The molecule has 1 rings (SSSR count). The molecule has 9 heteroatoms. The van der Waals surface area contributed by atoms with Crippen LogP contribution in [-0.2, 0) is 4.79 Å². The second-order valence-corrected chi connectivity index (χ2v) is 3.04. The zero-order valence-corrected chi connectivity index (χ0v) is 8.60. The van der Waals surface area contributed by atoms with E-state index in [1.165, 1.54) is 0 Å². The van der Waals surface area contributed by atoms with Gasteiger partial charge in [0.05, 0.1) is 12.5 Å². The van der Waals surface area contributed by atoms with Gasteiger partial charge >= 0.3 is 12.0 Å². The highest BCUT2D eigenvalue weighted by Crippen LogP contribution is 2.01. The molecule has 1 unspecified atom stereocenters. The summed E-state index contributed by atoms with van der Waals surface area (Å²) in [5.74, 6) is -0.611. The Bertz CT molecular complexity index is 351. The van der Waals surface area contributed by atoms with Gasteiger partial charge in [-0.1, -0.05) is 5.21 Å². The molecule has 0 radical (unpaired) electrons. The van der Waals surface area contributed by atoms with Gasteiger partial charge in [-0.3, -0.25) is 4.79 Å². The van der Waals surface area contributed by atoms with Gasteiger partial charge in [0.1, 0.15) is 0 Å². The summed E-state index contributed by atoms with van der Waals surface area (Å²) in [6.45, 7) is 1.75. The Morgan fingerprint density at radius 3 is 2.88 bits per heavy atom. The smallest absolute Gasteiger partial charge is 0.315 e. The molecule has 0 aliphatic rings. The molecule has 16 heavy (non-hydrogen) atoms. The van der Waals surface area contributed by atoms with E-state index in [1.54, 1.807) is 6.92 Å². The number of hydrogen-bond acceptors (Lipinski definition) is 5. The molecule has 1 aromatic rings. The van der Waals surface area contributed by atoms with E-state index in [0.717, 1.165) is 0 Å². The first-order chi connectivity index (χ1) is 7.59. The number of tetrazole rings is 1. The van der Waals surface area contributed by atoms with Crippen molar-refractivity contribution in [1.29, 1.82) is 0 Å². The van der Waals surface area contributed by atoms with E-state index >= 15 is 0 Å². The van der Waals surface area contributed by atoms with E-state index < -0.39 is 18.0 Å². The van der Waals surface area contributed by atoms with E-state index in [1.807, 2.05) is 0 Å². The predicted octanol–water partition coefficient (Wildman–Crippen LogP) is -0.965. The van der Waals surface area contributed by atoms with Crippen molar-refractivity contribution in [2.75, 3.05) is 6.54 Å². The van der Waals surface area contributed by atoms with E-state index in [9.17, 15) is 9.59 Å². The minimum absolute atomic E-state index is 0.0696. The topological polar surface area (TPSA) is 133 Å². The number of carboxylic acid groups (broad SMARTS) is 1. The van der Waals surface area contributed by atoms with Crippen LogP contribution >= 0.6 is 0 Å². The third-order valence-corrected chi connectivity index (χ3v) is 1.72. The number of carbonyl (C=O) groups is 2. The number of urea groups is 1. The minimum atomic E-state index is -0.966. The van der Waals surface area contributed by atoms with Crippen molar-refractivity contribution in [2.24, 2.45) is 0 Å². The molecule has 0 saturated heterocycles. The molecule has 0 aromatic carbocycles. The summed E-state index contributed by atoms with van der Waals surface area (Å²) in [6, 6.07) is -0.873. The summed E-state index contributed by atoms with van der Waals surface area (Å²) in [5, 5.41) is 26.3. The molecule has 0 fully saturated rings. The maximum Gasteiger partial charge on any atom is 0.315 e. The molecule has 1 atom stereocenters. The van der Waals surface area contributed by atoms with Gasteiger partial charge in [-0.05, 0) is 6.92 Å². The lowest BCUT2D eigenvalue weighted by Crippen LogP contribution is -2.38. The van der Waals surface area contributed by atoms with Crippen molar-refractivity contribution in [1.82, 2.24) is 31.3 Å². The third-order valence-electron chi connectivity index (χ3n) is 1.72. The molecule has 9 nitrogen and oxygen atoms in total. The van der Waals surface area contributed by atoms with Crippen LogP contribution in [0.1, 0.15) is 25.2 Å². The zero-order chi connectivity index (χ0) is 12.0. The summed E-state index contributed by atoms with van der Waals surface area (Å²) in [7, 11) is 0. The van der Waals surface area contributed by atoms with Crippen molar-refractivity contribution in [2.45, 2.75) is 19.4 Å². The number of aliphatic carboxylic acids is 1. The molecular weight excluding hydrogens is 216 g/mol. The van der Waals surface area contributed by atoms with Gasteiger partial charge in [-0.2, -0.15) is 5.21 Å². The Balaban J connectivity index is 2.26. The number of aromatic amines is 1. The zero-order valence-electron chi connectivity index (χ0n) is 8.60. The van der Waals surface area contributed by atoms with Gasteiger partial charge in [0.15, 0.2) is 5.82 Å². The van der Waals surface area contributed by atoms with Crippen molar-refractivity contribution < 1.29 is 14.7 Å². The van der Waals surface area contributed by atoms with Crippen molar-refractivity contribution >= 4 is 12.0 Å². The van der Waals surface area contributed by atoms with Crippen molar-refractivity contribution in [3.63, 3.8) is 0 Å². The quantitative estimate of drug-likeness (QED) is 0.512. The molecular formula is C7H12N6O3. The molecule has 0 spiro atoms. The average Bonchev–Trinajstić information content (AvgIpc) is 2.69. The Kier molecular flexibility index (Phi) is 4.18. The number of carboxylic acids is 1. The Hall–Kier alpha value is -2.19. The highest BCUT2D eigenvalue weighted by Gasteiger charge is 2.12. The van der Waals surface area contributed by atoms with Crippen molar-refractivity contribution in [3.8, 4) is 0 Å². The number of H-pyrrole nitrogens is 1. The van der Waals surface area contributed by atoms with Crippen molar-refractivity contribution in [3.05, 3.63) is 5.82 Å². The predicted molar refractivity (Wildman–Crippen MR) is 51.4 cm³/mol. The SMILES string of the molecule is CC(NC(=O)NCCC(=O)O)c1nn[nH]n1.